The first-order valence-electron chi connectivity index (χ1n) is 5.15. The molecule has 0 aliphatic heterocycles. The predicted molar refractivity (Wildman–Crippen MR) is 63.1 cm³/mol. The minimum Gasteiger partial charge on any atom is -0.374 e. The summed E-state index contributed by atoms with van der Waals surface area (Å²) in [5.41, 5.74) is 0.582. The molecule has 2 N–H and O–H groups in total. The van der Waals surface area contributed by atoms with Crippen molar-refractivity contribution in [2.24, 2.45) is 0 Å². The molecule has 2 aromatic rings. The van der Waals surface area contributed by atoms with Crippen LogP contribution < -0.4 is 5.32 Å². The molecule has 2 aromatic carbocycles. The zero-order valence-corrected chi connectivity index (χ0v) is 8.97. The highest BCUT2D eigenvalue weighted by Crippen LogP contribution is 2.18. The van der Waals surface area contributed by atoms with E-state index in [1.165, 1.54) is 6.92 Å². The van der Waals surface area contributed by atoms with E-state index in [0.717, 1.165) is 10.8 Å². The molecule has 0 aliphatic carbocycles. The first-order chi connectivity index (χ1) is 7.68. The van der Waals surface area contributed by atoms with E-state index < -0.39 is 6.23 Å². The molecular formula is C13H13NO2. The van der Waals surface area contributed by atoms with Gasteiger partial charge in [-0.2, -0.15) is 0 Å². The molecule has 3 nitrogen and oxygen atoms in total. The molecule has 82 valence electrons. The summed E-state index contributed by atoms with van der Waals surface area (Å²) in [5.74, 6) is -0.258. The van der Waals surface area contributed by atoms with Crippen LogP contribution in [0.5, 0.6) is 0 Å². The zero-order chi connectivity index (χ0) is 11.5. The molecule has 1 atom stereocenters. The molecule has 2 rings (SSSR count). The summed E-state index contributed by atoms with van der Waals surface area (Å²) < 4.78 is 0. The predicted octanol–water partition coefficient (Wildman–Crippen LogP) is 1.91. The molecule has 3 heteroatoms. The van der Waals surface area contributed by atoms with E-state index in [0.29, 0.717) is 5.56 Å². The number of hydrogen-bond donors (Lipinski definition) is 2. The van der Waals surface area contributed by atoms with Crippen molar-refractivity contribution in [1.82, 2.24) is 5.32 Å². The first kappa shape index (κ1) is 10.6. The van der Waals surface area contributed by atoms with Crippen molar-refractivity contribution in [2.75, 3.05) is 0 Å². The zero-order valence-electron chi connectivity index (χ0n) is 8.97. The largest absolute Gasteiger partial charge is 0.374 e. The number of benzene rings is 2. The second-order valence-electron chi connectivity index (χ2n) is 3.68. The number of aliphatic hydroxyl groups excluding tert-OH is 1. The third-order valence-electron chi connectivity index (χ3n) is 2.37. The molecule has 1 unspecified atom stereocenters. The summed E-state index contributed by atoms with van der Waals surface area (Å²) in [6.07, 6.45) is -0.841. The Hall–Kier alpha value is -1.87. The Morgan fingerprint density at radius 3 is 2.62 bits per heavy atom. The van der Waals surface area contributed by atoms with Crippen molar-refractivity contribution in [3.8, 4) is 0 Å². The summed E-state index contributed by atoms with van der Waals surface area (Å²) in [4.78, 5) is 11.8. The van der Waals surface area contributed by atoms with Gasteiger partial charge < -0.3 is 10.4 Å². The van der Waals surface area contributed by atoms with Gasteiger partial charge in [0.05, 0.1) is 0 Å². The van der Waals surface area contributed by atoms with Crippen LogP contribution in [0.1, 0.15) is 17.3 Å². The highest BCUT2D eigenvalue weighted by molar-refractivity contribution is 6.07. The normalized spacial score (nSPS) is 12.4. The molecule has 0 aliphatic rings. The van der Waals surface area contributed by atoms with Gasteiger partial charge in [0, 0.05) is 5.56 Å². The maximum atomic E-state index is 11.8. The van der Waals surface area contributed by atoms with Gasteiger partial charge in [0.25, 0.3) is 5.91 Å². The number of aliphatic hydroxyl groups is 1. The van der Waals surface area contributed by atoms with Gasteiger partial charge in [0.15, 0.2) is 0 Å². The van der Waals surface area contributed by atoms with Crippen LogP contribution >= 0.6 is 0 Å². The third-order valence-corrected chi connectivity index (χ3v) is 2.37. The molecule has 0 heterocycles. The average Bonchev–Trinajstić information content (AvgIpc) is 2.27. The second kappa shape index (κ2) is 4.33. The SMILES string of the molecule is CC(O)NC(=O)c1cccc2ccccc12. The van der Waals surface area contributed by atoms with Crippen molar-refractivity contribution in [1.29, 1.82) is 0 Å². The standard InChI is InChI=1S/C13H13NO2/c1-9(15)14-13(16)12-8-4-6-10-5-2-3-7-11(10)12/h2-9,15H,1H3,(H,14,16). The summed E-state index contributed by atoms with van der Waals surface area (Å²) in [5, 5.41) is 13.5. The Balaban J connectivity index is 2.48. The topological polar surface area (TPSA) is 49.3 Å². The fourth-order valence-electron chi connectivity index (χ4n) is 1.69. The number of carbonyl (C=O) groups excluding carboxylic acids is 1. The number of carbonyl (C=O) groups is 1. The lowest BCUT2D eigenvalue weighted by Crippen LogP contribution is -2.32. The summed E-state index contributed by atoms with van der Waals surface area (Å²) in [6.45, 7) is 1.52. The van der Waals surface area contributed by atoms with Gasteiger partial charge in [0.1, 0.15) is 6.23 Å². The molecule has 0 radical (unpaired) electrons. The average molecular weight is 215 g/mol. The summed E-state index contributed by atoms with van der Waals surface area (Å²) in [7, 11) is 0. The number of amides is 1. The van der Waals surface area contributed by atoms with Crippen LogP contribution in [0.15, 0.2) is 42.5 Å². The maximum Gasteiger partial charge on any atom is 0.253 e. The van der Waals surface area contributed by atoms with Gasteiger partial charge in [0.2, 0.25) is 0 Å². The van der Waals surface area contributed by atoms with Crippen molar-refractivity contribution in [3.63, 3.8) is 0 Å². The van der Waals surface area contributed by atoms with E-state index in [4.69, 9.17) is 5.11 Å². The van der Waals surface area contributed by atoms with E-state index in [2.05, 4.69) is 5.32 Å². The Bertz CT molecular complexity index is 515. The Morgan fingerprint density at radius 2 is 1.88 bits per heavy atom. The molecule has 0 bridgehead atoms. The maximum absolute atomic E-state index is 11.8. The van der Waals surface area contributed by atoms with Crippen LogP contribution in [0.3, 0.4) is 0 Å². The van der Waals surface area contributed by atoms with Gasteiger partial charge in [-0.3, -0.25) is 4.79 Å². The Kier molecular flexibility index (Phi) is 2.88. The van der Waals surface area contributed by atoms with Gasteiger partial charge in [-0.25, -0.2) is 0 Å². The van der Waals surface area contributed by atoms with E-state index in [1.54, 1.807) is 6.07 Å². The van der Waals surface area contributed by atoms with Crippen molar-refractivity contribution in [3.05, 3.63) is 48.0 Å². The molecule has 0 saturated carbocycles. The lowest BCUT2D eigenvalue weighted by Gasteiger charge is -2.09. The van der Waals surface area contributed by atoms with Gasteiger partial charge in [-0.05, 0) is 23.8 Å². The van der Waals surface area contributed by atoms with Crippen LogP contribution in [0.4, 0.5) is 0 Å². The number of rotatable bonds is 2. The number of nitrogens with one attached hydrogen (secondary N) is 1. The molecule has 16 heavy (non-hydrogen) atoms. The van der Waals surface area contributed by atoms with E-state index in [-0.39, 0.29) is 5.91 Å². The van der Waals surface area contributed by atoms with Crippen molar-refractivity contribution < 1.29 is 9.90 Å². The number of fused-ring (bicyclic) bond motifs is 1. The lowest BCUT2D eigenvalue weighted by atomic mass is 10.0. The fraction of sp³-hybridized carbons (Fsp3) is 0.154. The molecule has 0 fully saturated rings. The third kappa shape index (κ3) is 2.04. The smallest absolute Gasteiger partial charge is 0.253 e. The van der Waals surface area contributed by atoms with Gasteiger partial charge in [-0.1, -0.05) is 36.4 Å². The fourth-order valence-corrected chi connectivity index (χ4v) is 1.69. The molecule has 1 amide bonds. The minimum absolute atomic E-state index is 0.258. The Morgan fingerprint density at radius 1 is 1.19 bits per heavy atom. The first-order valence-corrected chi connectivity index (χ1v) is 5.15. The van der Waals surface area contributed by atoms with Crippen LogP contribution in [-0.4, -0.2) is 17.2 Å². The Labute approximate surface area is 93.7 Å². The van der Waals surface area contributed by atoms with Crippen LogP contribution in [0.2, 0.25) is 0 Å². The van der Waals surface area contributed by atoms with Crippen molar-refractivity contribution >= 4 is 16.7 Å². The number of hydrogen-bond acceptors (Lipinski definition) is 2. The highest BCUT2D eigenvalue weighted by atomic mass is 16.3. The van der Waals surface area contributed by atoms with E-state index >= 15 is 0 Å². The molecule has 0 spiro atoms. The highest BCUT2D eigenvalue weighted by Gasteiger charge is 2.10. The monoisotopic (exact) mass is 215 g/mol. The minimum atomic E-state index is -0.841. The molecule has 0 saturated heterocycles. The van der Waals surface area contributed by atoms with E-state index in [9.17, 15) is 4.79 Å². The summed E-state index contributed by atoms with van der Waals surface area (Å²) >= 11 is 0. The van der Waals surface area contributed by atoms with E-state index in [1.807, 2.05) is 36.4 Å². The van der Waals surface area contributed by atoms with Gasteiger partial charge in [-0.15, -0.1) is 0 Å². The van der Waals surface area contributed by atoms with Crippen molar-refractivity contribution in [2.45, 2.75) is 13.2 Å². The van der Waals surface area contributed by atoms with Crippen LogP contribution in [0, 0.1) is 0 Å². The molecular weight excluding hydrogens is 202 g/mol. The quantitative estimate of drug-likeness (QED) is 0.752. The van der Waals surface area contributed by atoms with Gasteiger partial charge >= 0.3 is 0 Å². The van der Waals surface area contributed by atoms with Crippen LogP contribution in [0.25, 0.3) is 10.8 Å². The second-order valence-corrected chi connectivity index (χ2v) is 3.68. The lowest BCUT2D eigenvalue weighted by molar-refractivity contribution is 0.0820. The van der Waals surface area contributed by atoms with Crippen LogP contribution in [-0.2, 0) is 0 Å². The molecule has 0 aromatic heterocycles. The summed E-state index contributed by atoms with van der Waals surface area (Å²) in [6, 6.07) is 13.2.